The van der Waals surface area contributed by atoms with Gasteiger partial charge in [0.05, 0.1) is 10.8 Å². The van der Waals surface area contributed by atoms with Crippen LogP contribution in [0.4, 0.5) is 0 Å². The van der Waals surface area contributed by atoms with Crippen molar-refractivity contribution >= 4 is 31.5 Å². The fourth-order valence-electron chi connectivity index (χ4n) is 9.54. The maximum Gasteiger partial charge on any atom is 0.0720 e. The van der Waals surface area contributed by atoms with Crippen LogP contribution in [0.15, 0.2) is 158 Å². The van der Waals surface area contributed by atoms with Gasteiger partial charge in [-0.1, -0.05) is 146 Å². The smallest absolute Gasteiger partial charge is 0.0720 e. The van der Waals surface area contributed by atoms with Gasteiger partial charge in [0.2, 0.25) is 0 Å². The van der Waals surface area contributed by atoms with E-state index in [1.54, 1.807) is 0 Å². The molecule has 0 atom stereocenters. The molecule has 0 saturated carbocycles. The van der Waals surface area contributed by atoms with E-state index in [4.69, 9.17) is 0 Å². The van der Waals surface area contributed by atoms with Crippen LogP contribution in [0.2, 0.25) is 0 Å². The second-order valence-corrected chi connectivity index (χ2v) is 13.8. The van der Waals surface area contributed by atoms with Gasteiger partial charge in [0, 0.05) is 20.2 Å². The molecule has 208 valence electrons. The average Bonchev–Trinajstić information content (AvgIpc) is 3.73. The van der Waals surface area contributed by atoms with Crippen LogP contribution in [-0.2, 0) is 10.8 Å². The predicted molar refractivity (Wildman–Crippen MR) is 187 cm³/mol. The summed E-state index contributed by atoms with van der Waals surface area (Å²) in [6.07, 6.45) is 0. The monoisotopic (exact) mass is 586 g/mol. The molecule has 3 aliphatic carbocycles. The van der Waals surface area contributed by atoms with Crippen LogP contribution in [0.1, 0.15) is 44.5 Å². The van der Waals surface area contributed by atoms with Crippen LogP contribution in [0.5, 0.6) is 0 Å². The second-order valence-electron chi connectivity index (χ2n) is 12.7. The molecule has 0 bridgehead atoms. The van der Waals surface area contributed by atoms with E-state index in [1.165, 1.54) is 86.9 Å². The molecule has 1 aromatic heterocycles. The number of fused-ring (bicyclic) bond motifs is 20. The van der Waals surface area contributed by atoms with E-state index < -0.39 is 10.8 Å². The van der Waals surface area contributed by atoms with Gasteiger partial charge in [-0.25, -0.2) is 0 Å². The third kappa shape index (κ3) is 2.61. The van der Waals surface area contributed by atoms with E-state index in [0.717, 1.165) is 0 Å². The molecule has 7 aromatic carbocycles. The van der Waals surface area contributed by atoms with Gasteiger partial charge in [0.25, 0.3) is 0 Å². The largest absolute Gasteiger partial charge is 0.135 e. The second kappa shape index (κ2) is 8.27. The summed E-state index contributed by atoms with van der Waals surface area (Å²) in [5, 5.41) is 2.75. The van der Waals surface area contributed by atoms with Gasteiger partial charge in [0.1, 0.15) is 0 Å². The fourth-order valence-corrected chi connectivity index (χ4v) is 10.7. The molecule has 11 rings (SSSR count). The lowest BCUT2D eigenvalue weighted by Crippen LogP contribution is -2.43. The highest BCUT2D eigenvalue weighted by Crippen LogP contribution is 2.68. The van der Waals surface area contributed by atoms with Crippen molar-refractivity contribution in [1.29, 1.82) is 0 Å². The minimum atomic E-state index is -0.436. The van der Waals surface area contributed by atoms with E-state index in [9.17, 15) is 0 Å². The lowest BCUT2D eigenvalue weighted by molar-refractivity contribution is 0.633. The maximum atomic E-state index is 2.45. The maximum absolute atomic E-state index is 2.45. The predicted octanol–water partition coefficient (Wildman–Crippen LogP) is 11.1. The first-order valence-electron chi connectivity index (χ1n) is 15.8. The van der Waals surface area contributed by atoms with Crippen molar-refractivity contribution in [1.82, 2.24) is 0 Å². The van der Waals surface area contributed by atoms with Crippen molar-refractivity contribution in [3.63, 3.8) is 0 Å². The Bertz CT molecular complexity index is 2470. The summed E-state index contributed by atoms with van der Waals surface area (Å²) < 4.78 is 2.70. The number of hydrogen-bond acceptors (Lipinski definition) is 1. The minimum Gasteiger partial charge on any atom is -0.135 e. The van der Waals surface area contributed by atoms with Crippen molar-refractivity contribution in [2.24, 2.45) is 0 Å². The molecule has 3 aliphatic rings. The lowest BCUT2D eigenvalue weighted by Gasteiger charge is -2.48. The van der Waals surface area contributed by atoms with Gasteiger partial charge in [-0.15, -0.1) is 11.3 Å². The van der Waals surface area contributed by atoms with E-state index in [1.807, 2.05) is 11.3 Å². The summed E-state index contributed by atoms with van der Waals surface area (Å²) in [4.78, 5) is 0. The molecule has 0 N–H and O–H groups in total. The highest BCUT2D eigenvalue weighted by Gasteiger charge is 2.59. The Morgan fingerprint density at radius 2 is 0.733 bits per heavy atom. The molecule has 0 radical (unpaired) electrons. The van der Waals surface area contributed by atoms with Crippen molar-refractivity contribution in [2.45, 2.75) is 10.8 Å². The van der Waals surface area contributed by atoms with Gasteiger partial charge in [-0.05, 0) is 78.9 Å². The molecular weight excluding hydrogens is 561 g/mol. The summed E-state index contributed by atoms with van der Waals surface area (Å²) in [6.45, 7) is 0. The SMILES string of the molecule is c1ccc2c(c1)-c1ccccc1C21c2ccccc2C2(c3ccccc3-c3c2ccc2sc4ccccc4c32)c2ccccc21. The molecular formula is C44H26S. The number of hydrogen-bond donors (Lipinski definition) is 0. The summed E-state index contributed by atoms with van der Waals surface area (Å²) in [5.41, 5.74) is 15.7. The van der Waals surface area contributed by atoms with Crippen molar-refractivity contribution in [2.75, 3.05) is 0 Å². The Balaban J connectivity index is 1.37. The first-order chi connectivity index (χ1) is 22.3. The lowest BCUT2D eigenvalue weighted by atomic mass is 9.52. The molecule has 0 amide bonds. The zero-order valence-corrected chi connectivity index (χ0v) is 25.2. The minimum absolute atomic E-state index is 0.400. The molecule has 0 nitrogen and oxygen atoms in total. The van der Waals surface area contributed by atoms with Gasteiger partial charge >= 0.3 is 0 Å². The summed E-state index contributed by atoms with van der Waals surface area (Å²) in [7, 11) is 0. The van der Waals surface area contributed by atoms with Crippen molar-refractivity contribution in [3.05, 3.63) is 202 Å². The quantitative estimate of drug-likeness (QED) is 0.166. The third-order valence-electron chi connectivity index (χ3n) is 11.0. The first-order valence-corrected chi connectivity index (χ1v) is 16.6. The normalized spacial score (nSPS) is 15.5. The molecule has 2 spiro atoms. The van der Waals surface area contributed by atoms with Crippen LogP contribution in [0, 0.1) is 0 Å². The van der Waals surface area contributed by atoms with E-state index in [2.05, 4.69) is 158 Å². The molecule has 1 heterocycles. The Labute approximate surface area is 265 Å². The van der Waals surface area contributed by atoms with Gasteiger partial charge in [0.15, 0.2) is 0 Å². The summed E-state index contributed by atoms with van der Waals surface area (Å²) in [5.74, 6) is 0. The summed E-state index contributed by atoms with van der Waals surface area (Å²) >= 11 is 1.91. The molecule has 0 unspecified atom stereocenters. The molecule has 8 aromatic rings. The Kier molecular flexibility index (Phi) is 4.43. The average molecular weight is 587 g/mol. The Morgan fingerprint density at radius 3 is 1.31 bits per heavy atom. The van der Waals surface area contributed by atoms with Gasteiger partial charge < -0.3 is 0 Å². The standard InChI is InChI=1S/C44H26S/c1-5-17-31-27(13-1)28-14-2-6-18-32(28)43(31)34-20-8-10-22-36(34)44(37-23-11-9-21-35(37)43)33-19-7-3-15-29(33)41-38(44)25-26-40-42(41)30-16-4-12-24-39(30)45-40/h1-26H. The number of rotatable bonds is 0. The van der Waals surface area contributed by atoms with Crippen LogP contribution in [0.3, 0.4) is 0 Å². The number of thiophene rings is 1. The van der Waals surface area contributed by atoms with Crippen LogP contribution in [0.25, 0.3) is 42.4 Å². The van der Waals surface area contributed by atoms with E-state index in [0.29, 0.717) is 0 Å². The fraction of sp³-hybridized carbons (Fsp3) is 0.0455. The topological polar surface area (TPSA) is 0 Å². The van der Waals surface area contributed by atoms with Crippen molar-refractivity contribution < 1.29 is 0 Å². The molecule has 0 aliphatic heterocycles. The first kappa shape index (κ1) is 24.1. The highest BCUT2D eigenvalue weighted by atomic mass is 32.1. The third-order valence-corrected chi connectivity index (χ3v) is 12.1. The molecule has 0 fully saturated rings. The molecule has 1 heteroatoms. The number of benzene rings is 7. The molecule has 45 heavy (non-hydrogen) atoms. The van der Waals surface area contributed by atoms with Crippen LogP contribution >= 0.6 is 11.3 Å². The van der Waals surface area contributed by atoms with Crippen LogP contribution in [-0.4, -0.2) is 0 Å². The van der Waals surface area contributed by atoms with E-state index >= 15 is 0 Å². The van der Waals surface area contributed by atoms with Crippen LogP contribution < -0.4 is 0 Å². The zero-order valence-electron chi connectivity index (χ0n) is 24.4. The van der Waals surface area contributed by atoms with Crippen molar-refractivity contribution in [3.8, 4) is 22.3 Å². The molecule has 0 saturated heterocycles. The zero-order chi connectivity index (χ0) is 29.3. The Hall–Kier alpha value is -5.24. The van der Waals surface area contributed by atoms with Gasteiger partial charge in [-0.3, -0.25) is 0 Å². The highest BCUT2D eigenvalue weighted by molar-refractivity contribution is 7.26. The Morgan fingerprint density at radius 1 is 0.311 bits per heavy atom. The van der Waals surface area contributed by atoms with E-state index in [-0.39, 0.29) is 0 Å². The summed E-state index contributed by atoms with van der Waals surface area (Å²) in [6, 6.07) is 59.9. The van der Waals surface area contributed by atoms with Gasteiger partial charge in [-0.2, -0.15) is 0 Å².